The summed E-state index contributed by atoms with van der Waals surface area (Å²) in [6, 6.07) is 4.08. The van der Waals surface area contributed by atoms with Crippen LogP contribution in [0.3, 0.4) is 0 Å². The molecule has 3 rings (SSSR count). The van der Waals surface area contributed by atoms with Gasteiger partial charge in [0.2, 0.25) is 0 Å². The summed E-state index contributed by atoms with van der Waals surface area (Å²) in [7, 11) is 4.33. The largest absolute Gasteiger partial charge is 1.00 e. The molecule has 1 atom stereocenters. The molecule has 1 fully saturated rings. The van der Waals surface area contributed by atoms with Gasteiger partial charge in [0, 0.05) is 24.8 Å². The minimum atomic E-state index is -0.287. The molecule has 2 N–H and O–H groups in total. The minimum Gasteiger partial charge on any atom is -0.469 e. The zero-order chi connectivity index (χ0) is 15.7. The van der Waals surface area contributed by atoms with Gasteiger partial charge in [-0.1, -0.05) is 34.5 Å². The van der Waals surface area contributed by atoms with Gasteiger partial charge < -0.3 is 10.3 Å². The minimum absolute atomic E-state index is 0. The van der Waals surface area contributed by atoms with Gasteiger partial charge in [-0.3, -0.25) is 14.8 Å². The van der Waals surface area contributed by atoms with Crippen molar-refractivity contribution in [1.29, 1.82) is 10.7 Å². The van der Waals surface area contributed by atoms with Crippen molar-refractivity contribution in [2.45, 2.75) is 12.0 Å². The van der Waals surface area contributed by atoms with Crippen LogP contribution in [-0.4, -0.2) is 45.3 Å². The second kappa shape index (κ2) is 7.58. The van der Waals surface area contributed by atoms with E-state index in [0.29, 0.717) is 18.0 Å². The van der Waals surface area contributed by atoms with Gasteiger partial charge in [0.25, 0.3) is 0 Å². The molecule has 2 aromatic heterocycles. The molecule has 1 aliphatic heterocycles. The maximum absolute atomic E-state index is 9.07. The Kier molecular flexibility index (Phi) is 6.20. The quantitative estimate of drug-likeness (QED) is 0.409. The summed E-state index contributed by atoms with van der Waals surface area (Å²) in [4.78, 5) is 3.00. The van der Waals surface area contributed by atoms with Gasteiger partial charge in [-0.2, -0.15) is 10.4 Å². The van der Waals surface area contributed by atoms with Crippen molar-refractivity contribution in [3.63, 3.8) is 0 Å². The molecule has 23 heavy (non-hydrogen) atoms. The van der Waals surface area contributed by atoms with Crippen LogP contribution in [0.4, 0.5) is 5.82 Å². The third-order valence-electron chi connectivity index (χ3n) is 3.98. The van der Waals surface area contributed by atoms with E-state index < -0.39 is 0 Å². The third-order valence-corrected chi connectivity index (χ3v) is 4.34. The number of rotatable bonds is 5. The van der Waals surface area contributed by atoms with Crippen LogP contribution in [0, 0.1) is 16.7 Å². The van der Waals surface area contributed by atoms with Crippen LogP contribution < -0.4 is 51.4 Å². The Hall–Kier alpha value is -0.524. The van der Waals surface area contributed by atoms with E-state index in [1.165, 1.54) is 0 Å². The van der Waals surface area contributed by atoms with E-state index >= 15 is 0 Å². The molecule has 0 spiro atoms. The molecule has 0 saturated carbocycles. The van der Waals surface area contributed by atoms with Crippen LogP contribution >= 0.6 is 9.39 Å². The van der Waals surface area contributed by atoms with Crippen LogP contribution in [0.15, 0.2) is 24.7 Å². The molecule has 2 aromatic rings. The summed E-state index contributed by atoms with van der Waals surface area (Å²) in [5.41, 5.74) is 1.56. The first-order valence-electron chi connectivity index (χ1n) is 6.88. The molecule has 0 amide bonds. The third kappa shape index (κ3) is 3.47. The van der Waals surface area contributed by atoms with Gasteiger partial charge in [-0.25, -0.2) is 0 Å². The Bertz CT molecular complexity index is 738. The summed E-state index contributed by atoms with van der Waals surface area (Å²) < 4.78 is 3.90. The predicted octanol–water partition coefficient (Wildman–Crippen LogP) is -1.02. The van der Waals surface area contributed by atoms with Crippen LogP contribution in [0.2, 0.25) is 0 Å². The van der Waals surface area contributed by atoms with E-state index in [9.17, 15) is 0 Å². The summed E-state index contributed by atoms with van der Waals surface area (Å²) >= 11 is 0. The predicted molar refractivity (Wildman–Crippen MR) is 87.4 cm³/mol. The van der Waals surface area contributed by atoms with Gasteiger partial charge >= 0.3 is 51.4 Å². The van der Waals surface area contributed by atoms with Gasteiger partial charge in [-0.05, 0) is 5.56 Å². The molecule has 1 unspecified atom stereocenters. The SMILES string of the molecule is C[N-]c1[nH]ccc1C(=N)c1cnn(C2(CC#N)CN(P)C2)c1.[K+]. The Morgan fingerprint density at radius 3 is 2.96 bits per heavy atom. The van der Waals surface area contributed by atoms with Crippen molar-refractivity contribution in [1.82, 2.24) is 19.4 Å². The number of aromatic nitrogens is 3. The molecule has 0 bridgehead atoms. The Morgan fingerprint density at radius 1 is 1.61 bits per heavy atom. The average molecular weight is 353 g/mol. The van der Waals surface area contributed by atoms with E-state index in [4.69, 9.17) is 10.7 Å². The summed E-state index contributed by atoms with van der Waals surface area (Å²) in [5, 5.41) is 25.9. The normalized spacial score (nSPS) is 16.0. The first-order chi connectivity index (χ1) is 10.6. The van der Waals surface area contributed by atoms with Crippen LogP contribution in [0.25, 0.3) is 5.32 Å². The topological polar surface area (TPSA) is 98.6 Å². The first kappa shape index (κ1) is 18.8. The fourth-order valence-electron chi connectivity index (χ4n) is 2.81. The molecular formula is C14H17KN7P. The zero-order valence-electron chi connectivity index (χ0n) is 13.2. The van der Waals surface area contributed by atoms with Crippen molar-refractivity contribution in [3.05, 3.63) is 41.1 Å². The van der Waals surface area contributed by atoms with Gasteiger partial charge in [0.15, 0.2) is 0 Å². The standard InChI is InChI=1S/C14H17N7P.K/c1-17-13-11(2-5-18-13)12(16)10-6-19-21(7-10)14(3-4-15)8-20(22)9-14;/h2,5-7,16,18H,3,8-9,22H2,1H3;/q-1;+1. The van der Waals surface area contributed by atoms with E-state index in [1.54, 1.807) is 19.4 Å². The van der Waals surface area contributed by atoms with E-state index in [2.05, 4.69) is 35.5 Å². The first-order valence-corrected chi connectivity index (χ1v) is 7.39. The number of hydrogen-bond acceptors (Lipinski definition) is 4. The van der Waals surface area contributed by atoms with Gasteiger partial charge in [0.1, 0.15) is 5.54 Å². The number of nitrogens with zero attached hydrogens (tertiary/aromatic N) is 5. The van der Waals surface area contributed by atoms with Gasteiger partial charge in [0.05, 0.1) is 24.4 Å². The molecular weight excluding hydrogens is 336 g/mol. The smallest absolute Gasteiger partial charge is 0.469 e. The maximum Gasteiger partial charge on any atom is 1.00 e. The molecule has 1 saturated heterocycles. The number of hydrogen-bond donors (Lipinski definition) is 2. The summed E-state index contributed by atoms with van der Waals surface area (Å²) in [6.07, 6.45) is 5.71. The molecule has 0 aliphatic carbocycles. The summed E-state index contributed by atoms with van der Waals surface area (Å²) in [6.45, 7) is 1.53. The van der Waals surface area contributed by atoms with Crippen LogP contribution in [0.1, 0.15) is 17.5 Å². The molecule has 9 heteroatoms. The molecule has 0 radical (unpaired) electrons. The molecule has 1 aliphatic rings. The maximum atomic E-state index is 9.07. The second-order valence-electron chi connectivity index (χ2n) is 5.48. The van der Waals surface area contributed by atoms with E-state index in [1.807, 2.05) is 16.9 Å². The van der Waals surface area contributed by atoms with E-state index in [-0.39, 0.29) is 56.9 Å². The number of nitriles is 1. The fourth-order valence-corrected chi connectivity index (χ4v) is 3.49. The van der Waals surface area contributed by atoms with Gasteiger partial charge in [-0.15, -0.1) is 0 Å². The number of H-pyrrole nitrogens is 1. The average Bonchev–Trinajstić information content (AvgIpc) is 3.13. The van der Waals surface area contributed by atoms with Crippen LogP contribution in [-0.2, 0) is 5.54 Å². The van der Waals surface area contributed by atoms with Crippen molar-refractivity contribution in [2.24, 2.45) is 0 Å². The second-order valence-corrected chi connectivity index (χ2v) is 6.21. The number of aromatic amines is 1. The van der Waals surface area contributed by atoms with Crippen molar-refractivity contribution >= 4 is 20.9 Å². The van der Waals surface area contributed by atoms with Crippen LogP contribution in [0.5, 0.6) is 0 Å². The molecule has 114 valence electrons. The van der Waals surface area contributed by atoms with E-state index in [0.717, 1.165) is 24.2 Å². The fraction of sp³-hybridized carbons (Fsp3) is 0.357. The summed E-state index contributed by atoms with van der Waals surface area (Å²) in [5.74, 6) is 0.685. The Balaban J connectivity index is 0.00000192. The molecule has 7 nitrogen and oxygen atoms in total. The molecule has 3 heterocycles. The Morgan fingerprint density at radius 2 is 2.35 bits per heavy atom. The van der Waals surface area contributed by atoms with Crippen molar-refractivity contribution < 1.29 is 51.4 Å². The number of nitrogens with one attached hydrogen (secondary N) is 2. The Labute approximate surface area is 180 Å². The van der Waals surface area contributed by atoms with Crippen molar-refractivity contribution in [3.8, 4) is 6.07 Å². The van der Waals surface area contributed by atoms with Crippen molar-refractivity contribution in [2.75, 3.05) is 20.1 Å². The monoisotopic (exact) mass is 353 g/mol. The zero-order valence-corrected chi connectivity index (χ0v) is 17.5. The molecule has 0 aromatic carbocycles.